The first kappa shape index (κ1) is 18.1. The van der Waals surface area contributed by atoms with Crippen LogP contribution in [0.25, 0.3) is 0 Å². The van der Waals surface area contributed by atoms with E-state index in [1.165, 1.54) is 0 Å². The van der Waals surface area contributed by atoms with Crippen LogP contribution in [0, 0.1) is 11.3 Å². The van der Waals surface area contributed by atoms with Gasteiger partial charge in [0.05, 0.1) is 0 Å². The lowest BCUT2D eigenvalue weighted by Crippen LogP contribution is -2.34. The molecule has 1 aromatic heterocycles. The summed E-state index contributed by atoms with van der Waals surface area (Å²) in [7, 11) is 0. The van der Waals surface area contributed by atoms with Gasteiger partial charge in [0.25, 0.3) is 0 Å². The highest BCUT2D eigenvalue weighted by molar-refractivity contribution is 6.36. The van der Waals surface area contributed by atoms with Crippen LogP contribution in [0.1, 0.15) is 46.6 Å². The molecule has 0 aliphatic carbocycles. The number of carbonyl (C=O) groups excluding carboxylic acids is 1. The number of rotatable bonds is 7. The van der Waals surface area contributed by atoms with Gasteiger partial charge in [0, 0.05) is 24.9 Å². The molecule has 6 heteroatoms. The monoisotopic (exact) mass is 306 g/mol. The summed E-state index contributed by atoms with van der Waals surface area (Å²) in [6, 6.07) is 0. The highest BCUT2D eigenvalue weighted by Crippen LogP contribution is 2.12. The Morgan fingerprint density at radius 1 is 1.32 bits per heavy atom. The second-order valence-corrected chi connectivity index (χ2v) is 6.17. The molecule has 22 heavy (non-hydrogen) atoms. The van der Waals surface area contributed by atoms with Crippen molar-refractivity contribution in [1.82, 2.24) is 9.97 Å². The van der Waals surface area contributed by atoms with E-state index >= 15 is 0 Å². The molecule has 0 amide bonds. The molecule has 122 valence electrons. The van der Waals surface area contributed by atoms with Crippen molar-refractivity contribution in [3.63, 3.8) is 0 Å². The molecular weight excluding hydrogens is 280 g/mol. The predicted molar refractivity (Wildman–Crippen MR) is 87.3 cm³/mol. The van der Waals surface area contributed by atoms with Crippen molar-refractivity contribution in [2.24, 2.45) is 5.92 Å². The summed E-state index contributed by atoms with van der Waals surface area (Å²) in [6.07, 6.45) is 5.10. The van der Waals surface area contributed by atoms with Crippen LogP contribution < -0.4 is 5.32 Å². The maximum Gasteiger partial charge on any atom is 0.352 e. The van der Waals surface area contributed by atoms with Gasteiger partial charge >= 0.3 is 5.97 Å². The highest BCUT2D eigenvalue weighted by atomic mass is 16.6. The van der Waals surface area contributed by atoms with Crippen LogP contribution in [-0.2, 0) is 16.0 Å². The molecule has 0 aliphatic heterocycles. The number of anilines is 1. The van der Waals surface area contributed by atoms with Crippen molar-refractivity contribution in [2.45, 2.75) is 53.1 Å². The zero-order valence-electron chi connectivity index (χ0n) is 14.1. The van der Waals surface area contributed by atoms with Crippen molar-refractivity contribution in [3.8, 4) is 0 Å². The van der Waals surface area contributed by atoms with Gasteiger partial charge in [0.15, 0.2) is 0 Å². The van der Waals surface area contributed by atoms with Crippen LogP contribution in [0.3, 0.4) is 0 Å². The number of hydrogen-bond donors (Lipinski definition) is 2. The van der Waals surface area contributed by atoms with E-state index in [0.29, 0.717) is 18.9 Å². The molecular formula is C16H26N4O2. The largest absolute Gasteiger partial charge is 0.455 e. The number of ether oxygens (including phenoxy) is 1. The first-order chi connectivity index (χ1) is 10.3. The van der Waals surface area contributed by atoms with Gasteiger partial charge in [-0.1, -0.05) is 13.8 Å². The number of esters is 1. The lowest BCUT2D eigenvalue weighted by Gasteiger charge is -2.22. The summed E-state index contributed by atoms with van der Waals surface area (Å²) in [6.45, 7) is 9.79. The molecule has 1 heterocycles. The summed E-state index contributed by atoms with van der Waals surface area (Å²) in [5.74, 6) is -0.291. The quantitative estimate of drug-likeness (QED) is 0.597. The highest BCUT2D eigenvalue weighted by Gasteiger charge is 2.25. The average molecular weight is 306 g/mol. The SMILES string of the molecule is CCc1cnc(NC[C@H](CC)C(=N)C(=O)OC(C)(C)C)nc1. The minimum Gasteiger partial charge on any atom is -0.455 e. The summed E-state index contributed by atoms with van der Waals surface area (Å²) >= 11 is 0. The van der Waals surface area contributed by atoms with Crippen LogP contribution in [0.15, 0.2) is 12.4 Å². The minimum absolute atomic E-state index is 0.0184. The minimum atomic E-state index is -0.589. The fraction of sp³-hybridized carbons (Fsp3) is 0.625. The van der Waals surface area contributed by atoms with Gasteiger partial charge in [0.1, 0.15) is 11.3 Å². The zero-order chi connectivity index (χ0) is 16.8. The molecule has 0 aromatic carbocycles. The van der Waals surface area contributed by atoms with E-state index in [1.807, 2.05) is 13.8 Å². The summed E-state index contributed by atoms with van der Waals surface area (Å²) in [5, 5.41) is 11.1. The Hall–Kier alpha value is -1.98. The van der Waals surface area contributed by atoms with Gasteiger partial charge < -0.3 is 10.1 Å². The van der Waals surface area contributed by atoms with Gasteiger partial charge in [-0.15, -0.1) is 0 Å². The topological polar surface area (TPSA) is 88.0 Å². The zero-order valence-corrected chi connectivity index (χ0v) is 14.1. The summed E-state index contributed by atoms with van der Waals surface area (Å²) in [5.41, 5.74) is 0.461. The van der Waals surface area contributed by atoms with E-state index in [1.54, 1.807) is 33.2 Å². The second-order valence-electron chi connectivity index (χ2n) is 6.17. The number of nitrogens with zero attached hydrogens (tertiary/aromatic N) is 2. The molecule has 1 rings (SSSR count). The van der Waals surface area contributed by atoms with Gasteiger partial charge in [0.2, 0.25) is 5.95 Å². The van der Waals surface area contributed by atoms with Crippen molar-refractivity contribution in [1.29, 1.82) is 5.41 Å². The van der Waals surface area contributed by atoms with Crippen LogP contribution in [-0.4, -0.2) is 33.8 Å². The van der Waals surface area contributed by atoms with E-state index in [-0.39, 0.29) is 11.6 Å². The number of aromatic nitrogens is 2. The molecule has 1 atom stereocenters. The van der Waals surface area contributed by atoms with E-state index < -0.39 is 11.6 Å². The molecule has 0 saturated heterocycles. The van der Waals surface area contributed by atoms with Crippen molar-refractivity contribution in [2.75, 3.05) is 11.9 Å². The summed E-state index contributed by atoms with van der Waals surface area (Å²) < 4.78 is 5.24. The maximum absolute atomic E-state index is 11.9. The normalized spacial score (nSPS) is 12.6. The number of nitrogens with one attached hydrogen (secondary N) is 2. The fourth-order valence-electron chi connectivity index (χ4n) is 1.79. The molecule has 2 N–H and O–H groups in total. The van der Waals surface area contributed by atoms with Gasteiger partial charge in [-0.3, -0.25) is 5.41 Å². The Morgan fingerprint density at radius 3 is 2.36 bits per heavy atom. The smallest absolute Gasteiger partial charge is 0.352 e. The molecule has 0 spiro atoms. The van der Waals surface area contributed by atoms with E-state index in [2.05, 4.69) is 15.3 Å². The third-order valence-electron chi connectivity index (χ3n) is 3.14. The number of hydrogen-bond acceptors (Lipinski definition) is 6. The molecule has 1 aromatic rings. The van der Waals surface area contributed by atoms with E-state index in [0.717, 1.165) is 12.0 Å². The van der Waals surface area contributed by atoms with Gasteiger partial charge in [-0.2, -0.15) is 0 Å². The molecule has 0 saturated carbocycles. The Balaban J connectivity index is 2.60. The Labute approximate surface area is 132 Å². The Morgan fingerprint density at radius 2 is 1.91 bits per heavy atom. The molecule has 6 nitrogen and oxygen atoms in total. The third-order valence-corrected chi connectivity index (χ3v) is 3.14. The van der Waals surface area contributed by atoms with Crippen molar-refractivity contribution < 1.29 is 9.53 Å². The first-order valence-corrected chi connectivity index (χ1v) is 7.63. The van der Waals surface area contributed by atoms with E-state index in [9.17, 15) is 4.79 Å². The lowest BCUT2D eigenvalue weighted by atomic mass is 10.00. The first-order valence-electron chi connectivity index (χ1n) is 7.63. The van der Waals surface area contributed by atoms with Crippen molar-refractivity contribution >= 4 is 17.6 Å². The average Bonchev–Trinajstić information content (AvgIpc) is 2.46. The maximum atomic E-state index is 11.9. The molecule has 0 fully saturated rings. The standard InChI is InChI=1S/C16H26N4O2/c1-6-11-8-18-15(19-9-11)20-10-12(7-2)13(17)14(21)22-16(3,4)5/h8-9,12,17H,6-7,10H2,1-5H3,(H,18,19,20)/t12-/m0/s1. The van der Waals surface area contributed by atoms with E-state index in [4.69, 9.17) is 10.1 Å². The third kappa shape index (κ3) is 5.79. The lowest BCUT2D eigenvalue weighted by molar-refractivity contribution is -0.146. The number of aryl methyl sites for hydroxylation is 1. The molecule has 0 unspecified atom stereocenters. The van der Waals surface area contributed by atoms with Gasteiger partial charge in [-0.05, 0) is 39.2 Å². The summed E-state index contributed by atoms with van der Waals surface area (Å²) in [4.78, 5) is 20.4. The van der Waals surface area contributed by atoms with Crippen molar-refractivity contribution in [3.05, 3.63) is 18.0 Å². The van der Waals surface area contributed by atoms with Crippen LogP contribution in [0.5, 0.6) is 0 Å². The van der Waals surface area contributed by atoms with Crippen LogP contribution in [0.2, 0.25) is 0 Å². The fourth-order valence-corrected chi connectivity index (χ4v) is 1.79. The molecule has 0 radical (unpaired) electrons. The molecule has 0 aliphatic rings. The second kappa shape index (κ2) is 7.87. The Kier molecular flexibility index (Phi) is 6.46. The molecule has 0 bridgehead atoms. The predicted octanol–water partition coefficient (Wildman–Crippen LogP) is 2.84. The Bertz CT molecular complexity index is 506. The van der Waals surface area contributed by atoms with Crippen LogP contribution in [0.4, 0.5) is 5.95 Å². The number of carbonyl (C=O) groups is 1. The van der Waals surface area contributed by atoms with Crippen LogP contribution >= 0.6 is 0 Å². The van der Waals surface area contributed by atoms with Gasteiger partial charge in [-0.25, -0.2) is 14.8 Å².